The van der Waals surface area contributed by atoms with Gasteiger partial charge in [-0.2, -0.15) is 0 Å². The van der Waals surface area contributed by atoms with E-state index < -0.39 is 29.1 Å². The maximum absolute atomic E-state index is 8.90. The van der Waals surface area contributed by atoms with Crippen LogP contribution in [-0.2, 0) is 0 Å². The molecule has 2 rings (SSSR count). The number of hydrogen-bond donors (Lipinski definition) is 0. The van der Waals surface area contributed by atoms with Crippen LogP contribution >= 0.6 is 0 Å². The second kappa shape index (κ2) is 8.76. The van der Waals surface area contributed by atoms with E-state index >= 15 is 0 Å². The molecule has 0 heterocycles. The van der Waals surface area contributed by atoms with Crippen LogP contribution in [0, 0.1) is 0 Å². The number of hydrogen-bond acceptors (Lipinski definition) is 2. The lowest BCUT2D eigenvalue weighted by Gasteiger charge is -2.19. The van der Waals surface area contributed by atoms with E-state index in [1.165, 1.54) is 6.08 Å². The van der Waals surface area contributed by atoms with Gasteiger partial charge in [-0.3, -0.25) is 0 Å². The maximum atomic E-state index is 8.90. The van der Waals surface area contributed by atoms with E-state index in [1.807, 2.05) is 54.6 Å². The van der Waals surface area contributed by atoms with Gasteiger partial charge < -0.3 is 8.85 Å². The van der Waals surface area contributed by atoms with Crippen LogP contribution in [0.5, 0.6) is 11.5 Å². The van der Waals surface area contributed by atoms with Gasteiger partial charge in [0.05, 0.1) is 2.74 Å². The predicted molar refractivity (Wildman–Crippen MR) is 123 cm³/mol. The van der Waals surface area contributed by atoms with Crippen molar-refractivity contribution in [3.8, 4) is 11.5 Å². The zero-order chi connectivity index (χ0) is 22.6. The van der Waals surface area contributed by atoms with Crippen molar-refractivity contribution in [2.75, 3.05) is 0 Å². The van der Waals surface area contributed by atoms with Crippen LogP contribution in [0.4, 0.5) is 0 Å². The quantitative estimate of drug-likeness (QED) is 0.344. The highest BCUT2D eigenvalue weighted by Crippen LogP contribution is 2.24. The molecular weight excluding hydrogens is 370 g/mol. The Morgan fingerprint density at radius 3 is 1.78 bits per heavy atom. The Labute approximate surface area is 171 Å². The van der Waals surface area contributed by atoms with Crippen LogP contribution in [0.3, 0.4) is 0 Å². The van der Waals surface area contributed by atoms with Gasteiger partial charge in [0.25, 0.3) is 0 Å². The monoisotopic (exact) mass is 405 g/mol. The third-order valence-electron chi connectivity index (χ3n) is 3.53. The SMILES string of the molecule is [2H]C([2H])=CC([2H])(/C=C\[13c]1[13cH][13cH][13c](O[Si](C)(C)C)[13cH][13cH]1)c1ccc(O[Si](C)(C)C)cc1. The summed E-state index contributed by atoms with van der Waals surface area (Å²) in [6, 6.07) is 15.1. The third-order valence-corrected chi connectivity index (χ3v) is 5.22. The molecule has 0 aromatic heterocycles. The van der Waals surface area contributed by atoms with E-state index in [-0.39, 0.29) is 0 Å². The minimum Gasteiger partial charge on any atom is -0.544 e. The minimum absolute atomic E-state index is 0.393. The van der Waals surface area contributed by atoms with Crippen molar-refractivity contribution in [1.82, 2.24) is 0 Å². The van der Waals surface area contributed by atoms with Crippen LogP contribution in [0.25, 0.3) is 6.08 Å². The molecule has 0 amide bonds. The van der Waals surface area contributed by atoms with Crippen LogP contribution < -0.4 is 8.85 Å². The molecule has 0 aliphatic heterocycles. The molecule has 1 atom stereocenters. The zero-order valence-corrected chi connectivity index (χ0v) is 19.2. The molecule has 0 radical (unpaired) electrons. The zero-order valence-electron chi connectivity index (χ0n) is 20.2. The summed E-state index contributed by atoms with van der Waals surface area (Å²) in [6.45, 7) is 12.4. The maximum Gasteiger partial charge on any atom is 0.242 e. The van der Waals surface area contributed by atoms with Gasteiger partial charge in [-0.1, -0.05) is 42.5 Å². The lowest BCUT2D eigenvalue weighted by atomic mass is 9.99. The Kier molecular flexibility index (Phi) is 5.54. The number of rotatable bonds is 8. The second-order valence-corrected chi connectivity index (χ2v) is 17.3. The summed E-state index contributed by atoms with van der Waals surface area (Å²) in [5, 5.41) is 0. The van der Waals surface area contributed by atoms with Crippen molar-refractivity contribution >= 4 is 22.7 Å². The van der Waals surface area contributed by atoms with E-state index in [9.17, 15) is 0 Å². The molecule has 144 valence electrons. The molecule has 27 heavy (non-hydrogen) atoms. The second-order valence-electron chi connectivity index (χ2n) is 8.46. The summed E-state index contributed by atoms with van der Waals surface area (Å²) in [6.07, 6.45) is 4.87. The number of benzene rings is 2. The largest absolute Gasteiger partial charge is 0.544 e. The van der Waals surface area contributed by atoms with Crippen molar-refractivity contribution in [2.24, 2.45) is 0 Å². The molecule has 1 unspecified atom stereocenters. The molecule has 0 saturated carbocycles. The molecule has 4 heteroatoms. The fourth-order valence-corrected chi connectivity index (χ4v) is 4.17. The van der Waals surface area contributed by atoms with Crippen LogP contribution in [0.1, 0.15) is 21.1 Å². The van der Waals surface area contributed by atoms with Gasteiger partial charge in [0.2, 0.25) is 16.6 Å². The molecule has 0 saturated heterocycles. The Morgan fingerprint density at radius 1 is 0.852 bits per heavy atom. The van der Waals surface area contributed by atoms with Crippen molar-refractivity contribution in [2.45, 2.75) is 45.2 Å². The molecule has 0 aliphatic rings. The molecule has 2 aromatic rings. The van der Waals surface area contributed by atoms with Crippen LogP contribution in [0.2, 0.25) is 39.3 Å². The van der Waals surface area contributed by atoms with Gasteiger partial charge in [-0.05, 0) is 74.7 Å². The molecule has 0 N–H and O–H groups in total. The van der Waals surface area contributed by atoms with Gasteiger partial charge in [0.1, 0.15) is 11.5 Å². The summed E-state index contributed by atoms with van der Waals surface area (Å²) < 4.78 is 36.0. The topological polar surface area (TPSA) is 18.5 Å². The van der Waals surface area contributed by atoms with Crippen molar-refractivity contribution in [3.63, 3.8) is 0 Å². The van der Waals surface area contributed by atoms with Crippen LogP contribution in [-0.4, -0.2) is 16.6 Å². The lowest BCUT2D eigenvalue weighted by molar-refractivity contribution is 0.557. The first-order valence-corrected chi connectivity index (χ1v) is 16.0. The van der Waals surface area contributed by atoms with Crippen molar-refractivity contribution in [3.05, 3.63) is 78.3 Å². The first-order valence-electron chi connectivity index (χ1n) is 10.7. The summed E-state index contributed by atoms with van der Waals surface area (Å²) in [7, 11) is -3.36. The van der Waals surface area contributed by atoms with E-state index in [4.69, 9.17) is 13.0 Å². The van der Waals surface area contributed by atoms with Gasteiger partial charge in [-0.15, -0.1) is 6.53 Å². The first kappa shape index (κ1) is 17.1. The summed E-state index contributed by atoms with van der Waals surface area (Å²) in [5.74, 6) is 0.313. The van der Waals surface area contributed by atoms with Gasteiger partial charge in [0, 0.05) is 7.26 Å². The minimum atomic E-state index is -1.71. The van der Waals surface area contributed by atoms with E-state index in [2.05, 4.69) is 39.3 Å². The van der Waals surface area contributed by atoms with E-state index in [0.29, 0.717) is 5.56 Å². The Hall–Kier alpha value is -2.05. The number of allylic oxidation sites excluding steroid dienone is 2. The standard InChI is InChI=1S/C23H32O2Si2/c1-8-20(21-13-17-23(18-14-21)25-27(5,6)7)12-9-19-10-15-22(16-11-19)24-26(2,3)4/h8-18,20H,1H2,2-7H3/b12-9-/i1D2,10+1,11+1,15+1,16+1,19+1,20D,22+1. The predicted octanol–water partition coefficient (Wildman–Crippen LogP) is 7.10. The van der Waals surface area contributed by atoms with E-state index in [1.54, 1.807) is 6.08 Å². The normalized spacial score (nSPS) is 16.0. The molecular formula is C23H32O2Si2. The fraction of sp³-hybridized carbons (Fsp3) is 0.304. The van der Waals surface area contributed by atoms with Gasteiger partial charge in [0.15, 0.2) is 0 Å². The highest BCUT2D eigenvalue weighted by atomic mass is 28.4. The molecule has 0 aliphatic carbocycles. The Morgan fingerprint density at radius 2 is 1.33 bits per heavy atom. The Bertz CT molecular complexity index is 892. The van der Waals surface area contributed by atoms with Crippen molar-refractivity contribution in [1.29, 1.82) is 0 Å². The van der Waals surface area contributed by atoms with Crippen LogP contribution in [0.15, 0.2) is 67.2 Å². The van der Waals surface area contributed by atoms with E-state index in [0.717, 1.165) is 17.1 Å². The smallest absolute Gasteiger partial charge is 0.242 e. The first-order chi connectivity index (χ1) is 13.8. The average molecular weight is 406 g/mol. The van der Waals surface area contributed by atoms with Gasteiger partial charge in [-0.25, -0.2) is 0 Å². The summed E-state index contributed by atoms with van der Waals surface area (Å²) in [5.41, 5.74) is 1.61. The highest BCUT2D eigenvalue weighted by molar-refractivity contribution is 6.70. The molecule has 0 fully saturated rings. The third kappa shape index (κ3) is 7.61. The molecule has 0 bridgehead atoms. The Balaban J connectivity index is 2.27. The lowest BCUT2D eigenvalue weighted by Crippen LogP contribution is -2.29. The summed E-state index contributed by atoms with van der Waals surface area (Å²) in [4.78, 5) is 0. The van der Waals surface area contributed by atoms with Gasteiger partial charge >= 0.3 is 0 Å². The summed E-state index contributed by atoms with van der Waals surface area (Å²) >= 11 is 0. The van der Waals surface area contributed by atoms with Crippen molar-refractivity contribution < 1.29 is 13.0 Å². The molecule has 0 spiro atoms. The average Bonchev–Trinajstić information content (AvgIpc) is 2.58. The fourth-order valence-electron chi connectivity index (χ4n) is 2.48. The molecule has 2 nitrogen and oxygen atoms in total. The molecule has 2 aromatic carbocycles. The highest BCUT2D eigenvalue weighted by Gasteiger charge is 2.17.